The number of aromatic nitrogens is 2. The number of carbonyl (C=O) groups is 2. The summed E-state index contributed by atoms with van der Waals surface area (Å²) in [4.78, 5) is 42.4. The quantitative estimate of drug-likeness (QED) is 0.272. The van der Waals surface area contributed by atoms with Crippen LogP contribution in [0, 0.1) is 12.7 Å². The van der Waals surface area contributed by atoms with Crippen molar-refractivity contribution in [3.8, 4) is 11.4 Å². The van der Waals surface area contributed by atoms with Gasteiger partial charge < -0.3 is 29.9 Å². The number of pyridine rings is 2. The van der Waals surface area contributed by atoms with Gasteiger partial charge in [-0.05, 0) is 48.9 Å². The maximum absolute atomic E-state index is 15.0. The van der Waals surface area contributed by atoms with Crippen molar-refractivity contribution in [2.75, 3.05) is 6.54 Å². The van der Waals surface area contributed by atoms with Crippen LogP contribution in [0.5, 0.6) is 0 Å². The van der Waals surface area contributed by atoms with Gasteiger partial charge >= 0.3 is 5.97 Å². The molecule has 0 radical (unpaired) electrons. The average Bonchev–Trinajstić information content (AvgIpc) is 3.30. The van der Waals surface area contributed by atoms with Crippen LogP contribution in [-0.2, 0) is 39.5 Å². The Hall–Kier alpha value is -3.67. The molecule has 4 heterocycles. The van der Waals surface area contributed by atoms with E-state index >= 15 is 4.39 Å². The van der Waals surface area contributed by atoms with E-state index in [0.29, 0.717) is 51.8 Å². The van der Waals surface area contributed by atoms with Crippen LogP contribution in [0.4, 0.5) is 4.39 Å². The number of rotatable bonds is 5. The fourth-order valence-corrected chi connectivity index (χ4v) is 6.57. The third kappa shape index (κ3) is 3.64. The number of aliphatic hydroxyl groups excluding tert-OH is 2. The molecule has 4 N–H and O–H groups in total. The summed E-state index contributed by atoms with van der Waals surface area (Å²) in [6, 6.07) is 2.92. The first-order chi connectivity index (χ1) is 19.0. The van der Waals surface area contributed by atoms with Gasteiger partial charge in [0.25, 0.3) is 5.56 Å². The molecule has 2 aliphatic heterocycles. The lowest BCUT2D eigenvalue weighted by molar-refractivity contribution is -0.172. The number of ether oxygens (including phenoxy) is 1. The molecule has 3 aromatic rings. The van der Waals surface area contributed by atoms with E-state index in [1.165, 1.54) is 17.6 Å². The van der Waals surface area contributed by atoms with Crippen LogP contribution in [0.1, 0.15) is 66.0 Å². The van der Waals surface area contributed by atoms with E-state index in [1.54, 1.807) is 19.9 Å². The molecule has 11 heteroatoms. The van der Waals surface area contributed by atoms with Crippen LogP contribution in [-0.4, -0.2) is 55.5 Å². The van der Waals surface area contributed by atoms with Gasteiger partial charge in [-0.25, -0.2) is 14.2 Å². The monoisotopic (exact) mass is 551 g/mol. The van der Waals surface area contributed by atoms with Gasteiger partial charge in [0, 0.05) is 42.0 Å². The Balaban J connectivity index is 1.60. The number of aliphatic hydroxyl groups is 3. The second kappa shape index (κ2) is 9.18. The lowest BCUT2D eigenvalue weighted by Crippen LogP contribution is -2.44. The Morgan fingerprint density at radius 1 is 1.27 bits per heavy atom. The number of nitrogens with zero attached hydrogens (tertiary/aromatic N) is 2. The number of amides is 1. The van der Waals surface area contributed by atoms with Gasteiger partial charge in [0.2, 0.25) is 5.91 Å². The molecule has 10 nitrogen and oxygen atoms in total. The van der Waals surface area contributed by atoms with E-state index in [2.05, 4.69) is 5.32 Å². The van der Waals surface area contributed by atoms with Gasteiger partial charge in [-0.15, -0.1) is 0 Å². The number of fused-ring (bicyclic) bond motifs is 5. The van der Waals surface area contributed by atoms with Crippen LogP contribution in [0.3, 0.4) is 0 Å². The van der Waals surface area contributed by atoms with E-state index in [1.807, 2.05) is 0 Å². The molecule has 0 bridgehead atoms. The maximum atomic E-state index is 15.0. The molecular weight excluding hydrogens is 521 g/mol. The lowest BCUT2D eigenvalue weighted by Gasteiger charge is -2.34. The minimum Gasteiger partial charge on any atom is -0.458 e. The SMILES string of the molecule is CC[C@@]1(O)C(=O)OCc2c1cc1n(c2=O)Cc2c-1nc1cc(F)c(C)c3c1c2[C@@H]([C@H](O)[C@@H](O)CNC(C)=O)CC3. The highest BCUT2D eigenvalue weighted by atomic mass is 19.1. The first-order valence-electron chi connectivity index (χ1n) is 13.4. The molecule has 210 valence electrons. The van der Waals surface area contributed by atoms with Gasteiger partial charge in [-0.3, -0.25) is 9.59 Å². The van der Waals surface area contributed by atoms with Crippen molar-refractivity contribution in [1.82, 2.24) is 14.9 Å². The predicted octanol–water partition coefficient (Wildman–Crippen LogP) is 1.41. The van der Waals surface area contributed by atoms with Crippen LogP contribution in [0.15, 0.2) is 16.9 Å². The predicted molar refractivity (Wildman–Crippen MR) is 141 cm³/mol. The molecular formula is C29H30FN3O7. The molecule has 0 fully saturated rings. The zero-order chi connectivity index (χ0) is 28.7. The molecule has 0 saturated carbocycles. The summed E-state index contributed by atoms with van der Waals surface area (Å²) in [6.45, 7) is 4.33. The second-order valence-corrected chi connectivity index (χ2v) is 11.0. The number of halogens is 1. The van der Waals surface area contributed by atoms with Crippen LogP contribution < -0.4 is 10.9 Å². The van der Waals surface area contributed by atoms with Crippen molar-refractivity contribution >= 4 is 22.8 Å². The summed E-state index contributed by atoms with van der Waals surface area (Å²) in [7, 11) is 0. The van der Waals surface area contributed by atoms with Crippen molar-refractivity contribution in [2.24, 2.45) is 0 Å². The third-order valence-corrected chi connectivity index (χ3v) is 8.79. The van der Waals surface area contributed by atoms with Crippen molar-refractivity contribution in [3.63, 3.8) is 0 Å². The third-order valence-electron chi connectivity index (χ3n) is 8.79. The molecule has 0 unspecified atom stereocenters. The minimum atomic E-state index is -1.99. The standard InChI is InChI=1S/C29H30FN3O7/c1-4-29(39)18-7-21-25-16(10-33(21)27(37)17(18)11-40-28(29)38)23-15(26(36)22(35)9-31-13(3)34)6-5-14-12(2)19(30)8-20(32-25)24(14)23/h7-8,15,22,26,35-36,39H,4-6,9-11H2,1-3H3,(H,31,34)/t15-,22-,26-,29-/m0/s1. The molecule has 40 heavy (non-hydrogen) atoms. The largest absolute Gasteiger partial charge is 0.458 e. The fourth-order valence-electron chi connectivity index (χ4n) is 6.57. The number of nitrogens with one attached hydrogen (secondary N) is 1. The first-order valence-corrected chi connectivity index (χ1v) is 13.4. The smallest absolute Gasteiger partial charge is 0.343 e. The van der Waals surface area contributed by atoms with Crippen LogP contribution in [0.2, 0.25) is 0 Å². The number of carbonyl (C=O) groups excluding carboxylic acids is 2. The molecule has 1 aliphatic carbocycles. The molecule has 1 amide bonds. The van der Waals surface area contributed by atoms with E-state index in [-0.39, 0.29) is 43.2 Å². The number of hydrogen-bond donors (Lipinski definition) is 4. The topological polar surface area (TPSA) is 151 Å². The van der Waals surface area contributed by atoms with E-state index < -0.39 is 41.1 Å². The van der Waals surface area contributed by atoms with Crippen LogP contribution in [0.25, 0.3) is 22.3 Å². The van der Waals surface area contributed by atoms with E-state index in [4.69, 9.17) is 9.72 Å². The average molecular weight is 552 g/mol. The number of benzene rings is 1. The molecule has 4 atom stereocenters. The molecule has 1 aromatic carbocycles. The molecule has 0 saturated heterocycles. The second-order valence-electron chi connectivity index (χ2n) is 11.0. The Bertz CT molecular complexity index is 1680. The lowest BCUT2D eigenvalue weighted by atomic mass is 9.75. The Morgan fingerprint density at radius 2 is 2.02 bits per heavy atom. The highest BCUT2D eigenvalue weighted by molar-refractivity contribution is 5.93. The summed E-state index contributed by atoms with van der Waals surface area (Å²) in [5, 5.41) is 36.5. The zero-order valence-electron chi connectivity index (χ0n) is 22.4. The van der Waals surface area contributed by atoms with Gasteiger partial charge in [-0.1, -0.05) is 6.92 Å². The van der Waals surface area contributed by atoms with E-state index in [0.717, 1.165) is 5.56 Å². The molecule has 2 aromatic heterocycles. The van der Waals surface area contributed by atoms with Gasteiger partial charge in [0.05, 0.1) is 41.2 Å². The number of esters is 1. The molecule has 6 rings (SSSR count). The summed E-state index contributed by atoms with van der Waals surface area (Å²) in [6.07, 6.45) is -1.67. The first kappa shape index (κ1) is 26.5. The molecule has 3 aliphatic rings. The summed E-state index contributed by atoms with van der Waals surface area (Å²) < 4.78 is 21.7. The summed E-state index contributed by atoms with van der Waals surface area (Å²) >= 11 is 0. The maximum Gasteiger partial charge on any atom is 0.343 e. The van der Waals surface area contributed by atoms with Crippen molar-refractivity contribution in [3.05, 3.63) is 61.7 Å². The van der Waals surface area contributed by atoms with Crippen molar-refractivity contribution < 1.29 is 34.0 Å². The highest BCUT2D eigenvalue weighted by Gasteiger charge is 2.46. The van der Waals surface area contributed by atoms with Crippen molar-refractivity contribution in [2.45, 2.75) is 76.9 Å². The summed E-state index contributed by atoms with van der Waals surface area (Å²) in [5.74, 6) is -2.18. The van der Waals surface area contributed by atoms with Crippen molar-refractivity contribution in [1.29, 1.82) is 0 Å². The Labute approximate surface area is 228 Å². The van der Waals surface area contributed by atoms with Gasteiger partial charge in [0.15, 0.2) is 5.60 Å². The highest BCUT2D eigenvalue weighted by Crippen LogP contribution is 2.47. The number of aryl methyl sites for hydroxylation is 1. The fraction of sp³-hybridized carbons (Fsp3) is 0.448. The zero-order valence-corrected chi connectivity index (χ0v) is 22.4. The number of cyclic esters (lactones) is 1. The van der Waals surface area contributed by atoms with Gasteiger partial charge in [0.1, 0.15) is 12.4 Å². The van der Waals surface area contributed by atoms with Gasteiger partial charge in [-0.2, -0.15) is 0 Å². The normalized spacial score (nSPS) is 22.3. The number of hydrogen-bond acceptors (Lipinski definition) is 8. The summed E-state index contributed by atoms with van der Waals surface area (Å²) in [5.41, 5.74) is 1.64. The molecule has 0 spiro atoms. The minimum absolute atomic E-state index is 0.000710. The van der Waals surface area contributed by atoms with E-state index in [9.17, 15) is 29.7 Å². The van der Waals surface area contributed by atoms with Crippen LogP contribution >= 0.6 is 0 Å². The Morgan fingerprint density at radius 3 is 2.73 bits per heavy atom. The Kier molecular flexibility index (Phi) is 6.10.